The van der Waals surface area contributed by atoms with E-state index in [1.807, 2.05) is 0 Å². The number of hydrogen-bond donors (Lipinski definition) is 1. The summed E-state index contributed by atoms with van der Waals surface area (Å²) in [5, 5.41) is 11.4. The molecule has 1 fully saturated rings. The molecule has 1 aromatic heterocycles. The number of benzene rings is 2. The molecule has 2 heterocycles. The number of hydrogen-bond acceptors (Lipinski definition) is 6. The molecule has 1 amide bonds. The van der Waals surface area contributed by atoms with Gasteiger partial charge in [0.1, 0.15) is 17.3 Å². The fraction of sp³-hybridized carbons (Fsp3) is 0.125. The van der Waals surface area contributed by atoms with Crippen LogP contribution in [0.5, 0.6) is 11.5 Å². The van der Waals surface area contributed by atoms with Gasteiger partial charge in [-0.1, -0.05) is 23.7 Å². The highest BCUT2D eigenvalue weighted by Crippen LogP contribution is 2.44. The van der Waals surface area contributed by atoms with Gasteiger partial charge in [-0.15, -0.1) is 13.2 Å². The maximum atomic E-state index is 13.2. The molecule has 1 N–H and O–H groups in total. The van der Waals surface area contributed by atoms with E-state index in [1.165, 1.54) is 49.8 Å². The first-order valence-corrected chi connectivity index (χ1v) is 10.4. The lowest BCUT2D eigenvalue weighted by Gasteiger charge is -2.25. The van der Waals surface area contributed by atoms with Crippen molar-refractivity contribution in [3.8, 4) is 11.5 Å². The molecule has 0 radical (unpaired) electrons. The number of carbonyl (C=O) groups excluding carboxylic acids is 2. The number of aliphatic hydroxyl groups excluding tert-OH is 1. The Balaban J connectivity index is 1.93. The van der Waals surface area contributed by atoms with E-state index in [-0.39, 0.29) is 27.6 Å². The zero-order chi connectivity index (χ0) is 25.3. The number of Topliss-reactive ketones (excluding diaryl/α,β-unsaturated/α-hetero) is 1. The number of amides is 1. The van der Waals surface area contributed by atoms with Crippen molar-refractivity contribution >= 4 is 34.7 Å². The van der Waals surface area contributed by atoms with Gasteiger partial charge in [0.05, 0.1) is 24.3 Å². The van der Waals surface area contributed by atoms with Crippen LogP contribution in [0.15, 0.2) is 72.6 Å². The average Bonchev–Trinajstić information content (AvgIpc) is 3.08. The predicted molar refractivity (Wildman–Crippen MR) is 120 cm³/mol. The summed E-state index contributed by atoms with van der Waals surface area (Å²) < 4.78 is 47.5. The molecule has 180 valence electrons. The molecule has 1 saturated heterocycles. The van der Waals surface area contributed by atoms with Gasteiger partial charge in [0.25, 0.3) is 11.7 Å². The van der Waals surface area contributed by atoms with Crippen molar-refractivity contribution in [2.45, 2.75) is 12.4 Å². The normalized spacial score (nSPS) is 17.5. The van der Waals surface area contributed by atoms with Crippen molar-refractivity contribution in [1.29, 1.82) is 0 Å². The second-order valence-electron chi connectivity index (χ2n) is 7.35. The maximum Gasteiger partial charge on any atom is 0.573 e. The molecule has 1 aliphatic rings. The Labute approximate surface area is 202 Å². The van der Waals surface area contributed by atoms with Crippen LogP contribution in [0.2, 0.25) is 5.02 Å². The van der Waals surface area contributed by atoms with Crippen molar-refractivity contribution in [1.82, 2.24) is 4.98 Å². The lowest BCUT2D eigenvalue weighted by atomic mass is 9.96. The topological polar surface area (TPSA) is 89.0 Å². The highest BCUT2D eigenvalue weighted by Gasteiger charge is 2.47. The van der Waals surface area contributed by atoms with E-state index in [4.69, 9.17) is 16.3 Å². The van der Waals surface area contributed by atoms with Gasteiger partial charge >= 0.3 is 6.36 Å². The average molecular weight is 505 g/mol. The second-order valence-corrected chi connectivity index (χ2v) is 7.78. The summed E-state index contributed by atoms with van der Waals surface area (Å²) in [7, 11) is 1.35. The molecule has 0 spiro atoms. The Kier molecular flexibility index (Phi) is 6.40. The number of halogens is 4. The van der Waals surface area contributed by atoms with Crippen LogP contribution in [0.1, 0.15) is 17.2 Å². The number of methoxy groups -OCH3 is 1. The zero-order valence-electron chi connectivity index (χ0n) is 17.9. The maximum absolute atomic E-state index is 13.2. The van der Waals surface area contributed by atoms with E-state index in [1.54, 1.807) is 12.1 Å². The first-order valence-electron chi connectivity index (χ1n) is 10.0. The second kappa shape index (κ2) is 9.30. The van der Waals surface area contributed by atoms with Crippen LogP contribution in [0.25, 0.3) is 5.76 Å². The number of aromatic nitrogens is 1. The minimum atomic E-state index is -4.96. The SMILES string of the molecule is COc1ccc(Cl)cc1/C(O)=C1\C(=O)C(=O)N(c2cccc(OC(F)(F)F)c2)C1c1cccnc1. The number of anilines is 1. The molecule has 0 aliphatic carbocycles. The molecule has 3 aromatic rings. The molecular formula is C24H16ClF3N2O5. The number of rotatable bonds is 5. The Hall–Kier alpha value is -4.05. The molecule has 1 atom stereocenters. The third-order valence-corrected chi connectivity index (χ3v) is 5.43. The molecule has 0 saturated carbocycles. The van der Waals surface area contributed by atoms with Gasteiger partial charge in [-0.05, 0) is 42.0 Å². The van der Waals surface area contributed by atoms with E-state index >= 15 is 0 Å². The van der Waals surface area contributed by atoms with Crippen molar-refractivity contribution in [2.24, 2.45) is 0 Å². The summed E-state index contributed by atoms with van der Waals surface area (Å²) in [6, 6.07) is 10.9. The number of pyridine rings is 1. The Morgan fingerprint density at radius 3 is 2.54 bits per heavy atom. The van der Waals surface area contributed by atoms with E-state index in [2.05, 4.69) is 9.72 Å². The Morgan fingerprint density at radius 2 is 1.89 bits per heavy atom. The third kappa shape index (κ3) is 4.78. The van der Waals surface area contributed by atoms with Crippen molar-refractivity contribution in [3.05, 3.63) is 88.7 Å². The number of aliphatic hydroxyl groups is 1. The molecule has 35 heavy (non-hydrogen) atoms. The summed E-state index contributed by atoms with van der Waals surface area (Å²) in [6.07, 6.45) is -2.12. The van der Waals surface area contributed by atoms with Crippen LogP contribution in [0, 0.1) is 0 Å². The molecule has 2 aromatic carbocycles. The number of carbonyl (C=O) groups is 2. The van der Waals surface area contributed by atoms with E-state index in [0.717, 1.165) is 17.0 Å². The van der Waals surface area contributed by atoms with Gasteiger partial charge in [0.15, 0.2) is 0 Å². The summed E-state index contributed by atoms with van der Waals surface area (Å²) in [5.41, 5.74) is 0.0166. The quantitative estimate of drug-likeness (QED) is 0.289. The van der Waals surface area contributed by atoms with Crippen LogP contribution < -0.4 is 14.4 Å². The van der Waals surface area contributed by atoms with Gasteiger partial charge in [-0.3, -0.25) is 19.5 Å². The zero-order valence-corrected chi connectivity index (χ0v) is 18.7. The first kappa shape index (κ1) is 24.1. The van der Waals surface area contributed by atoms with Crippen LogP contribution >= 0.6 is 11.6 Å². The molecule has 1 aliphatic heterocycles. The van der Waals surface area contributed by atoms with Crippen LogP contribution in [-0.2, 0) is 9.59 Å². The van der Waals surface area contributed by atoms with Gasteiger partial charge in [-0.25, -0.2) is 0 Å². The van der Waals surface area contributed by atoms with Crippen molar-refractivity contribution in [2.75, 3.05) is 12.0 Å². The van der Waals surface area contributed by atoms with Gasteiger partial charge in [0, 0.05) is 29.2 Å². The molecule has 4 rings (SSSR count). The van der Waals surface area contributed by atoms with Crippen molar-refractivity contribution < 1.29 is 37.3 Å². The Bertz CT molecular complexity index is 1330. The fourth-order valence-corrected chi connectivity index (χ4v) is 3.96. The molecule has 11 heteroatoms. The highest BCUT2D eigenvalue weighted by molar-refractivity contribution is 6.51. The summed E-state index contributed by atoms with van der Waals surface area (Å²) >= 11 is 6.07. The van der Waals surface area contributed by atoms with Gasteiger partial charge in [0.2, 0.25) is 0 Å². The highest BCUT2D eigenvalue weighted by atomic mass is 35.5. The van der Waals surface area contributed by atoms with E-state index in [0.29, 0.717) is 5.56 Å². The summed E-state index contributed by atoms with van der Waals surface area (Å²) in [5.74, 6) is -3.09. The number of ether oxygens (including phenoxy) is 2. The van der Waals surface area contributed by atoms with E-state index in [9.17, 15) is 27.9 Å². The van der Waals surface area contributed by atoms with E-state index < -0.39 is 35.6 Å². The summed E-state index contributed by atoms with van der Waals surface area (Å²) in [6.45, 7) is 0. The van der Waals surface area contributed by atoms with Crippen LogP contribution in [-0.4, -0.2) is 35.3 Å². The number of ketones is 1. The Morgan fingerprint density at radius 1 is 1.11 bits per heavy atom. The van der Waals surface area contributed by atoms with Crippen molar-refractivity contribution in [3.63, 3.8) is 0 Å². The van der Waals surface area contributed by atoms with Crippen LogP contribution in [0.3, 0.4) is 0 Å². The van der Waals surface area contributed by atoms with Gasteiger partial charge < -0.3 is 14.6 Å². The third-order valence-electron chi connectivity index (χ3n) is 5.19. The molecule has 0 bridgehead atoms. The number of alkyl halides is 3. The molecular weight excluding hydrogens is 489 g/mol. The minimum absolute atomic E-state index is 0.0557. The fourth-order valence-electron chi connectivity index (χ4n) is 3.79. The van der Waals surface area contributed by atoms with Crippen LogP contribution in [0.4, 0.5) is 18.9 Å². The minimum Gasteiger partial charge on any atom is -0.507 e. The first-order chi connectivity index (χ1) is 16.6. The monoisotopic (exact) mass is 504 g/mol. The lowest BCUT2D eigenvalue weighted by Crippen LogP contribution is -2.29. The largest absolute Gasteiger partial charge is 0.573 e. The smallest absolute Gasteiger partial charge is 0.507 e. The summed E-state index contributed by atoms with van der Waals surface area (Å²) in [4.78, 5) is 31.3. The number of nitrogens with zero attached hydrogens (tertiary/aromatic N) is 2. The lowest BCUT2D eigenvalue weighted by molar-refractivity contribution is -0.274. The molecule has 1 unspecified atom stereocenters. The van der Waals surface area contributed by atoms with Gasteiger partial charge in [-0.2, -0.15) is 0 Å². The standard InChI is InChI=1S/C24H16ClF3N2O5/c1-34-18-8-7-14(25)10-17(18)21(31)19-20(13-4-3-9-29-12-13)30(23(33)22(19)32)15-5-2-6-16(11-15)35-24(26,27)28/h2-12,20,31H,1H3/b21-19+. The predicted octanol–water partition coefficient (Wildman–Crippen LogP) is 5.27. The molecule has 7 nitrogen and oxygen atoms in total.